The summed E-state index contributed by atoms with van der Waals surface area (Å²) in [5.41, 5.74) is 11.0. The standard InChI is InChI=1S/C17H18N2/c1-12(14-8-4-3-5-9-14)13(2)15-10-6-7-11-16(15)17(18)19/h3-11H,1-2H3,(H3,18,19). The molecule has 0 amide bonds. The molecular weight excluding hydrogens is 232 g/mol. The van der Waals surface area contributed by atoms with Crippen LogP contribution in [-0.2, 0) is 0 Å². The molecule has 2 aromatic carbocycles. The minimum atomic E-state index is 0.107. The molecular formula is C17H18N2. The number of rotatable bonds is 3. The van der Waals surface area contributed by atoms with Gasteiger partial charge in [0.2, 0.25) is 0 Å². The lowest BCUT2D eigenvalue weighted by molar-refractivity contribution is 1.40. The fourth-order valence-electron chi connectivity index (χ4n) is 2.15. The Morgan fingerprint density at radius 3 is 1.89 bits per heavy atom. The molecule has 0 aliphatic rings. The largest absolute Gasteiger partial charge is 0.384 e. The van der Waals surface area contributed by atoms with E-state index in [1.807, 2.05) is 42.5 Å². The lowest BCUT2D eigenvalue weighted by atomic mass is 9.93. The molecule has 3 N–H and O–H groups in total. The van der Waals surface area contributed by atoms with Gasteiger partial charge >= 0.3 is 0 Å². The molecule has 0 saturated heterocycles. The summed E-state index contributed by atoms with van der Waals surface area (Å²) in [6, 6.07) is 18.0. The van der Waals surface area contributed by atoms with E-state index < -0.39 is 0 Å². The quantitative estimate of drug-likeness (QED) is 0.484. The molecule has 2 rings (SSSR count). The highest BCUT2D eigenvalue weighted by Gasteiger charge is 2.09. The summed E-state index contributed by atoms with van der Waals surface area (Å²) in [6.07, 6.45) is 0. The third-order valence-electron chi connectivity index (χ3n) is 3.39. The van der Waals surface area contributed by atoms with Crippen molar-refractivity contribution in [3.63, 3.8) is 0 Å². The van der Waals surface area contributed by atoms with Crippen molar-refractivity contribution in [2.24, 2.45) is 5.73 Å². The Balaban J connectivity index is 2.56. The summed E-state index contributed by atoms with van der Waals surface area (Å²) < 4.78 is 0. The number of nitrogens with one attached hydrogen (secondary N) is 1. The van der Waals surface area contributed by atoms with Crippen LogP contribution in [-0.4, -0.2) is 5.84 Å². The van der Waals surface area contributed by atoms with Crippen LogP contribution in [0.1, 0.15) is 30.5 Å². The molecule has 0 spiro atoms. The van der Waals surface area contributed by atoms with Crippen LogP contribution in [0.15, 0.2) is 54.6 Å². The number of amidine groups is 1. The number of nitrogen functional groups attached to an aromatic ring is 1. The van der Waals surface area contributed by atoms with Crippen LogP contribution >= 0.6 is 0 Å². The van der Waals surface area contributed by atoms with Gasteiger partial charge in [-0.3, -0.25) is 5.41 Å². The SMILES string of the molecule is CC(=C(C)c1ccccc1C(=N)N)c1ccccc1. The summed E-state index contributed by atoms with van der Waals surface area (Å²) >= 11 is 0. The first kappa shape index (κ1) is 13.1. The van der Waals surface area contributed by atoms with Gasteiger partial charge in [0.15, 0.2) is 0 Å². The highest BCUT2D eigenvalue weighted by molar-refractivity contribution is 6.02. The Morgan fingerprint density at radius 2 is 1.32 bits per heavy atom. The van der Waals surface area contributed by atoms with E-state index in [0.717, 1.165) is 16.7 Å². The summed E-state index contributed by atoms with van der Waals surface area (Å²) in [4.78, 5) is 0. The lowest BCUT2D eigenvalue weighted by Crippen LogP contribution is -2.13. The Kier molecular flexibility index (Phi) is 3.81. The first-order chi connectivity index (χ1) is 9.11. The molecule has 96 valence electrons. The van der Waals surface area contributed by atoms with Gasteiger partial charge in [-0.1, -0.05) is 54.6 Å². The number of benzene rings is 2. The van der Waals surface area contributed by atoms with E-state index in [1.165, 1.54) is 11.1 Å². The normalized spacial score (nSPS) is 11.9. The zero-order valence-electron chi connectivity index (χ0n) is 11.3. The molecule has 0 aliphatic carbocycles. The number of nitrogens with two attached hydrogens (primary N) is 1. The van der Waals surface area contributed by atoms with Gasteiger partial charge in [-0.05, 0) is 36.1 Å². The molecule has 0 bridgehead atoms. The molecule has 0 aromatic heterocycles. The minimum absolute atomic E-state index is 0.107. The van der Waals surface area contributed by atoms with E-state index in [2.05, 4.69) is 26.0 Å². The van der Waals surface area contributed by atoms with Crippen LogP contribution in [0.3, 0.4) is 0 Å². The molecule has 2 aromatic rings. The van der Waals surface area contributed by atoms with Gasteiger partial charge in [0, 0.05) is 5.56 Å². The van der Waals surface area contributed by atoms with Crippen molar-refractivity contribution in [1.29, 1.82) is 5.41 Å². The van der Waals surface area contributed by atoms with Crippen LogP contribution in [0, 0.1) is 5.41 Å². The van der Waals surface area contributed by atoms with Gasteiger partial charge in [-0.25, -0.2) is 0 Å². The molecule has 0 fully saturated rings. The van der Waals surface area contributed by atoms with E-state index in [0.29, 0.717) is 0 Å². The first-order valence-electron chi connectivity index (χ1n) is 6.28. The van der Waals surface area contributed by atoms with Crippen LogP contribution in [0.25, 0.3) is 11.1 Å². The van der Waals surface area contributed by atoms with E-state index in [-0.39, 0.29) is 5.84 Å². The van der Waals surface area contributed by atoms with Gasteiger partial charge in [-0.2, -0.15) is 0 Å². The molecule has 0 aliphatic heterocycles. The van der Waals surface area contributed by atoms with Gasteiger partial charge in [0.05, 0.1) is 0 Å². The van der Waals surface area contributed by atoms with Gasteiger partial charge in [-0.15, -0.1) is 0 Å². The molecule has 0 unspecified atom stereocenters. The van der Waals surface area contributed by atoms with Crippen LogP contribution in [0.5, 0.6) is 0 Å². The zero-order valence-corrected chi connectivity index (χ0v) is 11.3. The van der Waals surface area contributed by atoms with Crippen molar-refractivity contribution < 1.29 is 0 Å². The number of hydrogen-bond donors (Lipinski definition) is 2. The number of allylic oxidation sites excluding steroid dienone is 2. The van der Waals surface area contributed by atoms with Crippen molar-refractivity contribution >= 4 is 17.0 Å². The second kappa shape index (κ2) is 5.53. The fourth-order valence-corrected chi connectivity index (χ4v) is 2.15. The molecule has 0 atom stereocenters. The first-order valence-corrected chi connectivity index (χ1v) is 6.28. The maximum Gasteiger partial charge on any atom is 0.123 e. The van der Waals surface area contributed by atoms with Gasteiger partial charge < -0.3 is 5.73 Å². The third-order valence-corrected chi connectivity index (χ3v) is 3.39. The van der Waals surface area contributed by atoms with E-state index >= 15 is 0 Å². The predicted molar refractivity (Wildman–Crippen MR) is 82.1 cm³/mol. The summed E-state index contributed by atoms with van der Waals surface area (Å²) in [5, 5.41) is 7.67. The molecule has 0 saturated carbocycles. The van der Waals surface area contributed by atoms with Crippen LogP contribution in [0.2, 0.25) is 0 Å². The maximum atomic E-state index is 7.67. The molecule has 19 heavy (non-hydrogen) atoms. The average molecular weight is 250 g/mol. The van der Waals surface area contributed by atoms with Crippen LogP contribution in [0.4, 0.5) is 0 Å². The highest BCUT2D eigenvalue weighted by atomic mass is 14.7. The van der Waals surface area contributed by atoms with Crippen molar-refractivity contribution in [2.75, 3.05) is 0 Å². The highest BCUT2D eigenvalue weighted by Crippen LogP contribution is 2.27. The third kappa shape index (κ3) is 2.74. The minimum Gasteiger partial charge on any atom is -0.384 e. The smallest absolute Gasteiger partial charge is 0.123 e. The Labute approximate surface area is 114 Å². The maximum absolute atomic E-state index is 7.67. The number of hydrogen-bond acceptors (Lipinski definition) is 1. The fraction of sp³-hybridized carbons (Fsp3) is 0.118. The summed E-state index contributed by atoms with van der Waals surface area (Å²) in [7, 11) is 0. The Hall–Kier alpha value is -2.35. The molecule has 2 nitrogen and oxygen atoms in total. The van der Waals surface area contributed by atoms with E-state index in [9.17, 15) is 0 Å². The Morgan fingerprint density at radius 1 is 0.789 bits per heavy atom. The van der Waals surface area contributed by atoms with Crippen molar-refractivity contribution in [3.8, 4) is 0 Å². The lowest BCUT2D eigenvalue weighted by Gasteiger charge is -2.12. The summed E-state index contributed by atoms with van der Waals surface area (Å²) in [5.74, 6) is 0.107. The predicted octanol–water partition coefficient (Wildman–Crippen LogP) is 3.92. The van der Waals surface area contributed by atoms with E-state index in [4.69, 9.17) is 11.1 Å². The van der Waals surface area contributed by atoms with Crippen LogP contribution < -0.4 is 5.73 Å². The van der Waals surface area contributed by atoms with Crippen molar-refractivity contribution in [2.45, 2.75) is 13.8 Å². The van der Waals surface area contributed by atoms with E-state index in [1.54, 1.807) is 0 Å². The monoisotopic (exact) mass is 250 g/mol. The summed E-state index contributed by atoms with van der Waals surface area (Å²) in [6.45, 7) is 4.17. The molecule has 2 heteroatoms. The zero-order chi connectivity index (χ0) is 13.8. The molecule has 0 radical (unpaired) electrons. The van der Waals surface area contributed by atoms with Crippen molar-refractivity contribution in [3.05, 3.63) is 71.3 Å². The van der Waals surface area contributed by atoms with Crippen molar-refractivity contribution in [1.82, 2.24) is 0 Å². The van der Waals surface area contributed by atoms with Gasteiger partial charge in [0.1, 0.15) is 5.84 Å². The average Bonchev–Trinajstić information content (AvgIpc) is 2.46. The topological polar surface area (TPSA) is 49.9 Å². The second-order valence-electron chi connectivity index (χ2n) is 4.58. The second-order valence-corrected chi connectivity index (χ2v) is 4.58. The molecule has 0 heterocycles. The Bertz CT molecular complexity index is 625. The van der Waals surface area contributed by atoms with Gasteiger partial charge in [0.25, 0.3) is 0 Å².